The molecule has 0 heterocycles. The number of fused-ring (bicyclic) bond motifs is 7. The van der Waals surface area contributed by atoms with E-state index in [1.54, 1.807) is 12.5 Å². The van der Waals surface area contributed by atoms with Crippen LogP contribution in [0.3, 0.4) is 0 Å². The first-order valence-electron chi connectivity index (χ1n) is 16.5. The van der Waals surface area contributed by atoms with Gasteiger partial charge in [0.25, 0.3) is 0 Å². The summed E-state index contributed by atoms with van der Waals surface area (Å²) in [5.41, 5.74) is -0.0471. The van der Waals surface area contributed by atoms with Crippen molar-refractivity contribution >= 4 is 17.9 Å². The van der Waals surface area contributed by atoms with Gasteiger partial charge in [-0.15, -0.1) is 0 Å². The Bertz CT molecular complexity index is 1200. The lowest BCUT2D eigenvalue weighted by Crippen LogP contribution is -2.66. The van der Waals surface area contributed by atoms with E-state index in [0.29, 0.717) is 29.1 Å². The van der Waals surface area contributed by atoms with E-state index in [9.17, 15) is 24.6 Å². The number of carboxylic acids is 2. The van der Waals surface area contributed by atoms with E-state index < -0.39 is 34.8 Å². The number of carbonyl (C=O) groups excluding carboxylic acids is 1. The molecule has 4 fully saturated rings. The van der Waals surface area contributed by atoms with Crippen LogP contribution in [-0.4, -0.2) is 34.2 Å². The number of rotatable bonds is 5. The summed E-state index contributed by atoms with van der Waals surface area (Å²) in [4.78, 5) is 37.7. The summed E-state index contributed by atoms with van der Waals surface area (Å²) in [5.74, 6) is -1.74. The lowest BCUT2D eigenvalue weighted by molar-refractivity contribution is -0.223. The van der Waals surface area contributed by atoms with Gasteiger partial charge in [0, 0.05) is 0 Å². The van der Waals surface area contributed by atoms with Gasteiger partial charge in [0.1, 0.15) is 11.5 Å². The van der Waals surface area contributed by atoms with Crippen molar-refractivity contribution in [1.29, 1.82) is 0 Å². The molecule has 0 aromatic heterocycles. The summed E-state index contributed by atoms with van der Waals surface area (Å²) >= 11 is 0. The minimum Gasteiger partial charge on any atom is -0.481 e. The monoisotopic (exact) mass is 584 g/mol. The molecule has 0 saturated heterocycles. The van der Waals surface area contributed by atoms with Crippen molar-refractivity contribution in [3.63, 3.8) is 0 Å². The lowest BCUT2D eigenvalue weighted by Gasteiger charge is -2.71. The quantitative estimate of drug-likeness (QED) is 0.249. The standard InChI is InChI=1S/C36H56O6/c1-30(2)16-17-32(5)18-19-34(7)22(23(32)20-30)10-11-24-33(6)14-13-26(42-27(37)21-31(3,4)28(38)39)36(9,29(40)41)25(33)12-15-35(24,34)8/h10,23-26H,11-21H2,1-9H3,(H,38,39)(H,40,41)/t23?,24?,25?,26-,32-,33-,34-,35-,36-/m1/s1. The van der Waals surface area contributed by atoms with Crippen LogP contribution in [0.1, 0.15) is 133 Å². The van der Waals surface area contributed by atoms with Crippen LogP contribution in [0.15, 0.2) is 11.6 Å². The van der Waals surface area contributed by atoms with Crippen molar-refractivity contribution in [2.24, 2.45) is 55.7 Å². The zero-order chi connectivity index (χ0) is 31.3. The van der Waals surface area contributed by atoms with Crippen LogP contribution in [0, 0.1) is 55.7 Å². The molecular formula is C36H56O6. The van der Waals surface area contributed by atoms with Gasteiger partial charge in [0.05, 0.1) is 11.8 Å². The molecule has 42 heavy (non-hydrogen) atoms. The predicted octanol–water partition coefficient (Wildman–Crippen LogP) is 8.29. The number of esters is 1. The fourth-order valence-corrected chi connectivity index (χ4v) is 11.3. The van der Waals surface area contributed by atoms with Crippen molar-refractivity contribution in [3.05, 3.63) is 11.6 Å². The molecule has 3 unspecified atom stereocenters. The van der Waals surface area contributed by atoms with Gasteiger partial charge in [-0.2, -0.15) is 0 Å². The maximum absolute atomic E-state index is 13.1. The van der Waals surface area contributed by atoms with Crippen molar-refractivity contribution in [2.75, 3.05) is 0 Å². The number of aliphatic carboxylic acids is 2. The SMILES string of the molecule is CC1(C)CC[C@]2(C)CC[C@]3(C)C(=CCC4[C@@]5(C)CC[C@@H](OC(=O)CC(C)(C)C(=O)O)[C@](C)(C(=O)O)C5CC[C@]43C)C2C1. The number of ether oxygens (including phenoxy) is 1. The van der Waals surface area contributed by atoms with Gasteiger partial charge < -0.3 is 14.9 Å². The van der Waals surface area contributed by atoms with Gasteiger partial charge >= 0.3 is 17.9 Å². The Morgan fingerprint density at radius 3 is 2.14 bits per heavy atom. The minimum atomic E-state index is -1.27. The van der Waals surface area contributed by atoms with E-state index in [0.717, 1.165) is 25.7 Å². The number of carbonyl (C=O) groups is 3. The molecule has 0 radical (unpaired) electrons. The van der Waals surface area contributed by atoms with Gasteiger partial charge in [-0.05, 0) is 130 Å². The Kier molecular flexibility index (Phi) is 7.20. The Morgan fingerprint density at radius 2 is 1.52 bits per heavy atom. The molecule has 9 atom stereocenters. The second-order valence-corrected chi connectivity index (χ2v) is 17.8. The topological polar surface area (TPSA) is 101 Å². The van der Waals surface area contributed by atoms with E-state index in [-0.39, 0.29) is 28.6 Å². The van der Waals surface area contributed by atoms with Crippen LogP contribution >= 0.6 is 0 Å². The average Bonchev–Trinajstić information content (AvgIpc) is 2.86. The van der Waals surface area contributed by atoms with Crippen molar-refractivity contribution in [1.82, 2.24) is 0 Å². The van der Waals surface area contributed by atoms with Crippen molar-refractivity contribution < 1.29 is 29.3 Å². The highest BCUT2D eigenvalue weighted by atomic mass is 16.5. The molecule has 0 bridgehead atoms. The van der Waals surface area contributed by atoms with E-state index in [2.05, 4.69) is 47.6 Å². The van der Waals surface area contributed by atoms with Crippen LogP contribution in [0.5, 0.6) is 0 Å². The molecular weight excluding hydrogens is 528 g/mol. The summed E-state index contributed by atoms with van der Waals surface area (Å²) in [6.45, 7) is 19.6. The number of hydrogen-bond donors (Lipinski definition) is 2. The van der Waals surface area contributed by atoms with Crippen molar-refractivity contribution in [2.45, 2.75) is 139 Å². The Labute approximate surface area is 253 Å². The van der Waals surface area contributed by atoms with Crippen LogP contribution < -0.4 is 0 Å². The smallest absolute Gasteiger partial charge is 0.313 e. The molecule has 0 aromatic carbocycles. The Morgan fingerprint density at radius 1 is 0.881 bits per heavy atom. The van der Waals surface area contributed by atoms with Crippen LogP contribution in [0.2, 0.25) is 0 Å². The highest BCUT2D eigenvalue weighted by Crippen LogP contribution is 2.75. The van der Waals surface area contributed by atoms with Crippen LogP contribution in [0.25, 0.3) is 0 Å². The zero-order valence-electron chi connectivity index (χ0n) is 27.7. The van der Waals surface area contributed by atoms with Crippen molar-refractivity contribution in [3.8, 4) is 0 Å². The first-order valence-corrected chi connectivity index (χ1v) is 16.5. The summed E-state index contributed by atoms with van der Waals surface area (Å²) in [6, 6.07) is 0. The molecule has 236 valence electrons. The third-order valence-corrected chi connectivity index (χ3v) is 14.6. The number of allylic oxidation sites excluding steroid dienone is 2. The molecule has 5 aliphatic rings. The first kappa shape index (κ1) is 31.6. The maximum Gasteiger partial charge on any atom is 0.313 e. The van der Waals surface area contributed by atoms with Gasteiger partial charge in [0.2, 0.25) is 0 Å². The predicted molar refractivity (Wildman–Crippen MR) is 163 cm³/mol. The number of carboxylic acid groups (broad SMARTS) is 2. The summed E-state index contributed by atoms with van der Waals surface area (Å²) in [7, 11) is 0. The fraction of sp³-hybridized carbons (Fsp3) is 0.861. The molecule has 5 rings (SSSR count). The molecule has 0 spiro atoms. The second-order valence-electron chi connectivity index (χ2n) is 17.8. The molecule has 0 aromatic rings. The molecule has 6 nitrogen and oxygen atoms in total. The van der Waals surface area contributed by atoms with Gasteiger partial charge in [-0.3, -0.25) is 14.4 Å². The normalized spacial score (nSPS) is 46.2. The molecule has 5 aliphatic carbocycles. The van der Waals surface area contributed by atoms with E-state index in [4.69, 9.17) is 4.74 Å². The Balaban J connectivity index is 1.47. The molecule has 4 saturated carbocycles. The van der Waals surface area contributed by atoms with E-state index >= 15 is 0 Å². The highest BCUT2D eigenvalue weighted by Gasteiger charge is 2.70. The fourth-order valence-electron chi connectivity index (χ4n) is 11.3. The number of hydrogen-bond acceptors (Lipinski definition) is 4. The third-order valence-electron chi connectivity index (χ3n) is 14.6. The minimum absolute atomic E-state index is 0.0830. The first-order chi connectivity index (χ1) is 19.2. The molecule has 2 N–H and O–H groups in total. The average molecular weight is 585 g/mol. The summed E-state index contributed by atoms with van der Waals surface area (Å²) in [6.07, 6.45) is 12.0. The third kappa shape index (κ3) is 4.34. The maximum atomic E-state index is 13.1. The van der Waals surface area contributed by atoms with E-state index in [1.165, 1.54) is 46.0 Å². The molecule has 0 aliphatic heterocycles. The lowest BCUT2D eigenvalue weighted by atomic mass is 9.33. The van der Waals surface area contributed by atoms with Gasteiger partial charge in [0.15, 0.2) is 0 Å². The Hall–Kier alpha value is -1.85. The second kappa shape index (κ2) is 9.57. The largest absolute Gasteiger partial charge is 0.481 e. The summed E-state index contributed by atoms with van der Waals surface area (Å²) in [5, 5.41) is 20.3. The zero-order valence-corrected chi connectivity index (χ0v) is 27.7. The van der Waals surface area contributed by atoms with E-state index in [1.807, 2.05) is 0 Å². The molecule has 0 amide bonds. The summed E-state index contributed by atoms with van der Waals surface area (Å²) < 4.78 is 5.91. The van der Waals surface area contributed by atoms with Gasteiger partial charge in [-0.25, -0.2) is 0 Å². The highest BCUT2D eigenvalue weighted by molar-refractivity contribution is 5.82. The van der Waals surface area contributed by atoms with Crippen LogP contribution in [-0.2, 0) is 19.1 Å². The molecule has 6 heteroatoms. The van der Waals surface area contributed by atoms with Gasteiger partial charge in [-0.1, -0.05) is 53.2 Å². The van der Waals surface area contributed by atoms with Crippen LogP contribution in [0.4, 0.5) is 0 Å².